The third-order valence-electron chi connectivity index (χ3n) is 8.83. The molecule has 1 spiro atoms. The van der Waals surface area contributed by atoms with E-state index in [0.29, 0.717) is 5.82 Å². The van der Waals surface area contributed by atoms with Gasteiger partial charge in [0.05, 0.1) is 22.5 Å². The third-order valence-corrected chi connectivity index (χ3v) is 8.83. The minimum atomic E-state index is -0.547. The van der Waals surface area contributed by atoms with Crippen LogP contribution in [0.2, 0.25) is 0 Å². The van der Waals surface area contributed by atoms with E-state index < -0.39 is 5.41 Å². The van der Waals surface area contributed by atoms with Gasteiger partial charge in [0.25, 0.3) is 0 Å². The maximum absolute atomic E-state index is 6.62. The molecule has 44 heavy (non-hydrogen) atoms. The molecule has 3 heterocycles. The van der Waals surface area contributed by atoms with Crippen molar-refractivity contribution in [1.29, 1.82) is 0 Å². The van der Waals surface area contributed by atoms with Crippen molar-refractivity contribution in [1.82, 2.24) is 15.0 Å². The van der Waals surface area contributed by atoms with Crippen LogP contribution >= 0.6 is 0 Å². The van der Waals surface area contributed by atoms with Crippen LogP contribution in [0.15, 0.2) is 152 Å². The molecule has 7 aromatic rings. The van der Waals surface area contributed by atoms with Crippen molar-refractivity contribution in [3.8, 4) is 56.7 Å². The smallest absolute Gasteiger partial charge is 0.160 e. The molecule has 2 aromatic heterocycles. The van der Waals surface area contributed by atoms with Crippen LogP contribution in [0.25, 0.3) is 45.2 Å². The van der Waals surface area contributed by atoms with Gasteiger partial charge in [0.15, 0.2) is 5.82 Å². The molecule has 0 radical (unpaired) electrons. The highest BCUT2D eigenvalue weighted by Crippen LogP contribution is 2.62. The van der Waals surface area contributed by atoms with Crippen molar-refractivity contribution < 1.29 is 4.74 Å². The van der Waals surface area contributed by atoms with Crippen LogP contribution in [-0.4, -0.2) is 15.0 Å². The van der Waals surface area contributed by atoms with E-state index in [-0.39, 0.29) is 0 Å². The molecule has 0 saturated carbocycles. The Kier molecular flexibility index (Phi) is 5.38. The predicted octanol–water partition coefficient (Wildman–Crippen LogP) is 9.34. The standard InChI is InChI=1S/C40H25N3O/c1-2-12-26(13-3-1)35-25-36(34-19-10-11-23-41-34)43-39(42-35)27-21-22-38-33(24-27)40(32-18-8-9-20-37(32)44-38)30-16-6-4-14-28(30)29-15-5-7-17-31(29)40/h1-25H. The Labute approximate surface area is 255 Å². The van der Waals surface area contributed by atoms with E-state index in [1.807, 2.05) is 48.5 Å². The highest BCUT2D eigenvalue weighted by Gasteiger charge is 2.51. The van der Waals surface area contributed by atoms with Crippen molar-refractivity contribution >= 4 is 0 Å². The molecule has 0 N–H and O–H groups in total. The summed E-state index contributed by atoms with van der Waals surface area (Å²) in [5.74, 6) is 2.35. The fourth-order valence-corrected chi connectivity index (χ4v) is 6.97. The first-order chi connectivity index (χ1) is 21.8. The summed E-state index contributed by atoms with van der Waals surface area (Å²) in [6.45, 7) is 0. The molecule has 0 atom stereocenters. The van der Waals surface area contributed by atoms with Gasteiger partial charge in [-0.05, 0) is 64.7 Å². The Balaban J connectivity index is 1.32. The fraction of sp³-hybridized carbons (Fsp3) is 0.0250. The minimum absolute atomic E-state index is 0.547. The molecule has 1 aliphatic heterocycles. The Morgan fingerprint density at radius 3 is 1.82 bits per heavy atom. The molecule has 0 fully saturated rings. The summed E-state index contributed by atoms with van der Waals surface area (Å²) in [5.41, 5.74) is 11.0. The first-order valence-corrected chi connectivity index (χ1v) is 14.8. The van der Waals surface area contributed by atoms with Gasteiger partial charge in [-0.2, -0.15) is 0 Å². The molecule has 4 heteroatoms. The Hall–Kier alpha value is -5.87. The molecule has 0 unspecified atom stereocenters. The predicted molar refractivity (Wildman–Crippen MR) is 174 cm³/mol. The lowest BCUT2D eigenvalue weighted by atomic mass is 9.66. The number of hydrogen-bond donors (Lipinski definition) is 0. The summed E-state index contributed by atoms with van der Waals surface area (Å²) < 4.78 is 6.62. The number of ether oxygens (including phenoxy) is 1. The molecule has 9 rings (SSSR count). The van der Waals surface area contributed by atoms with Crippen LogP contribution in [0.3, 0.4) is 0 Å². The van der Waals surface area contributed by atoms with Crippen LogP contribution in [0.5, 0.6) is 11.5 Å². The van der Waals surface area contributed by atoms with E-state index in [2.05, 4.69) is 102 Å². The topological polar surface area (TPSA) is 47.9 Å². The Morgan fingerprint density at radius 2 is 1.07 bits per heavy atom. The number of nitrogens with zero attached hydrogens (tertiary/aromatic N) is 3. The largest absolute Gasteiger partial charge is 0.457 e. The maximum atomic E-state index is 6.62. The van der Waals surface area contributed by atoms with Crippen LogP contribution in [0.1, 0.15) is 22.3 Å². The van der Waals surface area contributed by atoms with Crippen LogP contribution in [-0.2, 0) is 5.41 Å². The summed E-state index contributed by atoms with van der Waals surface area (Å²) in [6.07, 6.45) is 1.80. The Bertz CT molecular complexity index is 2110. The molecule has 0 amide bonds. The van der Waals surface area contributed by atoms with E-state index >= 15 is 0 Å². The monoisotopic (exact) mass is 563 g/mol. The summed E-state index contributed by atoms with van der Waals surface area (Å²) in [7, 11) is 0. The minimum Gasteiger partial charge on any atom is -0.457 e. The van der Waals surface area contributed by atoms with Crippen molar-refractivity contribution in [3.05, 3.63) is 174 Å². The van der Waals surface area contributed by atoms with Gasteiger partial charge in [0, 0.05) is 28.5 Å². The van der Waals surface area contributed by atoms with Crippen molar-refractivity contribution in [3.63, 3.8) is 0 Å². The van der Waals surface area contributed by atoms with Gasteiger partial charge < -0.3 is 4.74 Å². The number of pyridine rings is 1. The van der Waals surface area contributed by atoms with E-state index in [4.69, 9.17) is 14.7 Å². The normalized spacial score (nSPS) is 13.4. The maximum Gasteiger partial charge on any atom is 0.160 e. The first-order valence-electron chi connectivity index (χ1n) is 14.8. The van der Waals surface area contributed by atoms with Gasteiger partial charge in [-0.3, -0.25) is 4.98 Å². The van der Waals surface area contributed by atoms with Crippen molar-refractivity contribution in [2.75, 3.05) is 0 Å². The molecule has 0 bridgehead atoms. The summed E-state index contributed by atoms with van der Waals surface area (Å²) in [6, 6.07) is 50.5. The second-order valence-electron chi connectivity index (χ2n) is 11.2. The molecule has 206 valence electrons. The molecule has 2 aliphatic rings. The average Bonchev–Trinajstić information content (AvgIpc) is 3.40. The van der Waals surface area contributed by atoms with Crippen LogP contribution in [0.4, 0.5) is 0 Å². The van der Waals surface area contributed by atoms with Crippen LogP contribution < -0.4 is 4.74 Å². The molecule has 1 aliphatic carbocycles. The average molecular weight is 564 g/mol. The van der Waals surface area contributed by atoms with Gasteiger partial charge in [-0.15, -0.1) is 0 Å². The molecule has 5 aromatic carbocycles. The second kappa shape index (κ2) is 9.58. The number of benzene rings is 5. The van der Waals surface area contributed by atoms with Gasteiger partial charge in [0.1, 0.15) is 11.5 Å². The lowest BCUT2D eigenvalue weighted by Crippen LogP contribution is -2.32. The van der Waals surface area contributed by atoms with Gasteiger partial charge in [-0.25, -0.2) is 9.97 Å². The highest BCUT2D eigenvalue weighted by molar-refractivity contribution is 5.89. The van der Waals surface area contributed by atoms with E-state index in [1.54, 1.807) is 6.20 Å². The van der Waals surface area contributed by atoms with Crippen molar-refractivity contribution in [2.24, 2.45) is 0 Å². The van der Waals surface area contributed by atoms with Gasteiger partial charge in [-0.1, -0.05) is 103 Å². The molecule has 4 nitrogen and oxygen atoms in total. The van der Waals surface area contributed by atoms with Crippen molar-refractivity contribution in [2.45, 2.75) is 5.41 Å². The SMILES string of the molecule is c1ccc(-c2cc(-c3ccccn3)nc(-c3ccc4c(c3)C3(c5ccccc5O4)c4ccccc4-c4ccccc43)n2)cc1. The zero-order chi connectivity index (χ0) is 29.1. The fourth-order valence-electron chi connectivity index (χ4n) is 6.97. The van der Waals surface area contributed by atoms with E-state index in [0.717, 1.165) is 50.8 Å². The molecular formula is C40H25N3O. The Morgan fingerprint density at radius 1 is 0.432 bits per heavy atom. The lowest BCUT2D eigenvalue weighted by Gasteiger charge is -2.39. The highest BCUT2D eigenvalue weighted by atomic mass is 16.5. The quantitative estimate of drug-likeness (QED) is 0.215. The van der Waals surface area contributed by atoms with Crippen LogP contribution in [0, 0.1) is 0 Å². The first kappa shape index (κ1) is 24.7. The van der Waals surface area contributed by atoms with Gasteiger partial charge in [0.2, 0.25) is 0 Å². The van der Waals surface area contributed by atoms with Gasteiger partial charge >= 0.3 is 0 Å². The van der Waals surface area contributed by atoms with E-state index in [9.17, 15) is 0 Å². The summed E-state index contributed by atoms with van der Waals surface area (Å²) in [4.78, 5) is 14.8. The molecular weight excluding hydrogens is 538 g/mol. The third kappa shape index (κ3) is 3.55. The number of aromatic nitrogens is 3. The summed E-state index contributed by atoms with van der Waals surface area (Å²) in [5, 5.41) is 0. The van der Waals surface area contributed by atoms with E-state index in [1.165, 1.54) is 22.3 Å². The number of hydrogen-bond acceptors (Lipinski definition) is 4. The number of para-hydroxylation sites is 1. The number of fused-ring (bicyclic) bond motifs is 9. The zero-order valence-corrected chi connectivity index (χ0v) is 23.7. The lowest BCUT2D eigenvalue weighted by molar-refractivity contribution is 0.436. The second-order valence-corrected chi connectivity index (χ2v) is 11.2. The number of rotatable bonds is 3. The molecule has 0 saturated heterocycles. The zero-order valence-electron chi connectivity index (χ0n) is 23.7. The summed E-state index contributed by atoms with van der Waals surface area (Å²) >= 11 is 0.